The SMILES string of the molecule is CCCC(O)(O)C1C[C@H]2[C@@H]3CC(F)C4=CC(=O)CC(O)[C@]4(C)[C@@]3(F)CC[C@]2(C)[C@]1(C(=O)CSC1COC(=O)C1)C(O)(O)CCC. The Morgan fingerprint density at radius 2 is 1.71 bits per heavy atom. The van der Waals surface area contributed by atoms with E-state index in [0.717, 1.165) is 17.8 Å². The minimum Gasteiger partial charge on any atom is -0.464 e. The van der Waals surface area contributed by atoms with Crippen molar-refractivity contribution < 1.29 is 53.4 Å². The summed E-state index contributed by atoms with van der Waals surface area (Å²) < 4.78 is 39.0. The fraction of sp³-hybridized carbons (Fsp3) is 0.848. The van der Waals surface area contributed by atoms with Gasteiger partial charge in [0.25, 0.3) is 0 Å². The first-order chi connectivity index (χ1) is 20.9. The highest BCUT2D eigenvalue weighted by Gasteiger charge is 2.81. The summed E-state index contributed by atoms with van der Waals surface area (Å²) >= 11 is 1.13. The van der Waals surface area contributed by atoms with Gasteiger partial charge in [-0.1, -0.05) is 40.5 Å². The van der Waals surface area contributed by atoms with E-state index in [9.17, 15) is 39.9 Å². The third kappa shape index (κ3) is 4.82. The molecule has 1 saturated heterocycles. The second-order valence-electron chi connectivity index (χ2n) is 14.7. The molecule has 1 heterocycles. The van der Waals surface area contributed by atoms with Crippen molar-refractivity contribution in [2.75, 3.05) is 12.4 Å². The van der Waals surface area contributed by atoms with Crippen LogP contribution in [0.4, 0.5) is 8.78 Å². The van der Waals surface area contributed by atoms with E-state index in [2.05, 4.69) is 0 Å². The molecule has 5 rings (SSSR count). The highest BCUT2D eigenvalue weighted by molar-refractivity contribution is 8.00. The fourth-order valence-corrected chi connectivity index (χ4v) is 11.6. The molecule has 5 N–H and O–H groups in total. The molecule has 3 saturated carbocycles. The number of ether oxygens (including phenoxy) is 1. The van der Waals surface area contributed by atoms with Gasteiger partial charge in [-0.3, -0.25) is 14.4 Å². The number of ketones is 2. The van der Waals surface area contributed by atoms with Gasteiger partial charge in [-0.15, -0.1) is 11.8 Å². The van der Waals surface area contributed by atoms with Crippen LogP contribution in [0.15, 0.2) is 11.6 Å². The van der Waals surface area contributed by atoms with E-state index in [1.165, 1.54) is 6.92 Å². The Balaban J connectivity index is 1.68. The molecule has 1 aliphatic heterocycles. The number of alkyl halides is 2. The third-order valence-corrected chi connectivity index (χ3v) is 13.8. The van der Waals surface area contributed by atoms with E-state index >= 15 is 8.78 Å². The lowest BCUT2D eigenvalue weighted by atomic mass is 9.41. The highest BCUT2D eigenvalue weighted by atomic mass is 32.2. The highest BCUT2D eigenvalue weighted by Crippen LogP contribution is 2.77. The Morgan fingerprint density at radius 1 is 1.04 bits per heavy atom. The second-order valence-corrected chi connectivity index (χ2v) is 16.0. The van der Waals surface area contributed by atoms with E-state index in [-0.39, 0.29) is 81.0 Å². The van der Waals surface area contributed by atoms with Crippen LogP contribution in [-0.4, -0.2) is 90.2 Å². The Hall–Kier alpha value is -1.44. The summed E-state index contributed by atoms with van der Waals surface area (Å²) in [5.41, 5.74) is -7.65. The number of aliphatic hydroxyl groups is 5. The minimum absolute atomic E-state index is 0.0792. The average Bonchev–Trinajstić information content (AvgIpc) is 3.49. The van der Waals surface area contributed by atoms with E-state index in [1.807, 2.05) is 0 Å². The molecule has 0 spiro atoms. The fourth-order valence-electron chi connectivity index (χ4n) is 10.6. The third-order valence-electron chi connectivity index (χ3n) is 12.6. The van der Waals surface area contributed by atoms with Crippen LogP contribution in [0.1, 0.15) is 91.9 Å². The molecule has 0 amide bonds. The quantitative estimate of drug-likeness (QED) is 0.174. The largest absolute Gasteiger partial charge is 0.464 e. The van der Waals surface area contributed by atoms with E-state index < -0.39 is 81.1 Å². The first kappa shape index (κ1) is 34.9. The Bertz CT molecular complexity index is 1260. The predicted molar refractivity (Wildman–Crippen MR) is 161 cm³/mol. The van der Waals surface area contributed by atoms with Crippen LogP contribution < -0.4 is 0 Å². The van der Waals surface area contributed by atoms with Crippen LogP contribution in [0.2, 0.25) is 0 Å². The van der Waals surface area contributed by atoms with Gasteiger partial charge in [-0.25, -0.2) is 8.78 Å². The van der Waals surface area contributed by atoms with Crippen LogP contribution >= 0.6 is 11.8 Å². The van der Waals surface area contributed by atoms with Gasteiger partial charge in [-0.2, -0.15) is 0 Å². The lowest BCUT2D eigenvalue weighted by Gasteiger charge is -2.65. The molecule has 0 aromatic heterocycles. The van der Waals surface area contributed by atoms with Crippen molar-refractivity contribution in [2.45, 2.75) is 127 Å². The van der Waals surface area contributed by atoms with Gasteiger partial charge in [0.05, 0.1) is 29.1 Å². The number of cyclic esters (lactones) is 1. The molecular formula is C33H48F2O9S. The Morgan fingerprint density at radius 3 is 2.31 bits per heavy atom. The lowest BCUT2D eigenvalue weighted by Crippen LogP contribution is -2.71. The first-order valence-corrected chi connectivity index (χ1v) is 17.4. The summed E-state index contributed by atoms with van der Waals surface area (Å²) in [7, 11) is 0. The molecule has 4 aliphatic carbocycles. The number of fused-ring (bicyclic) bond motifs is 5. The van der Waals surface area contributed by atoms with Gasteiger partial charge in [0, 0.05) is 36.3 Å². The summed E-state index contributed by atoms with van der Waals surface area (Å²) in [5.74, 6) is -10.6. The summed E-state index contributed by atoms with van der Waals surface area (Å²) in [4.78, 5) is 38.9. The van der Waals surface area contributed by atoms with E-state index in [0.29, 0.717) is 6.42 Å². The Kier molecular flexibility index (Phi) is 9.00. The van der Waals surface area contributed by atoms with Crippen LogP contribution in [0.25, 0.3) is 0 Å². The molecule has 12 heteroatoms. The maximum absolute atomic E-state index is 17.9. The van der Waals surface area contributed by atoms with Crippen molar-refractivity contribution in [3.63, 3.8) is 0 Å². The number of rotatable bonds is 10. The van der Waals surface area contributed by atoms with Gasteiger partial charge >= 0.3 is 5.97 Å². The zero-order valence-corrected chi connectivity index (χ0v) is 27.4. The molecular weight excluding hydrogens is 610 g/mol. The monoisotopic (exact) mass is 658 g/mol. The number of hydrogen-bond donors (Lipinski definition) is 5. The molecule has 0 aromatic carbocycles. The molecule has 45 heavy (non-hydrogen) atoms. The van der Waals surface area contributed by atoms with E-state index in [1.54, 1.807) is 20.8 Å². The molecule has 254 valence electrons. The summed E-state index contributed by atoms with van der Waals surface area (Å²) in [6, 6.07) is 0. The zero-order chi connectivity index (χ0) is 33.4. The van der Waals surface area contributed by atoms with E-state index in [4.69, 9.17) is 4.74 Å². The van der Waals surface area contributed by atoms with Crippen molar-refractivity contribution in [3.05, 3.63) is 11.6 Å². The molecule has 10 atom stereocenters. The standard InChI is InChI=1S/C33H48F2O9S/c1-5-7-31(40,41)24-15-20-21-14-23(34)22-11-18(36)12-25(37)29(22,4)30(21,35)10-9-28(20,3)33(24,32(42,43)8-6-2)26(38)17-45-19-13-27(39)44-16-19/h11,19-21,23-25,37,40-43H,5-10,12-17H2,1-4H3/t19?,20-,21-,23?,24?,25?,28-,29+,30+,33-/m0/s1. The van der Waals surface area contributed by atoms with Crippen molar-refractivity contribution in [1.82, 2.24) is 0 Å². The molecule has 0 bridgehead atoms. The number of carbonyl (C=O) groups is 3. The number of halogens is 2. The summed E-state index contributed by atoms with van der Waals surface area (Å²) in [6.07, 6.45) is -3.27. The topological polar surface area (TPSA) is 162 Å². The zero-order valence-electron chi connectivity index (χ0n) is 26.6. The van der Waals surface area contributed by atoms with Crippen LogP contribution in [0.5, 0.6) is 0 Å². The van der Waals surface area contributed by atoms with Crippen molar-refractivity contribution in [3.8, 4) is 0 Å². The Labute approximate surface area is 267 Å². The van der Waals surface area contributed by atoms with Crippen LogP contribution in [0.3, 0.4) is 0 Å². The van der Waals surface area contributed by atoms with Crippen LogP contribution in [0, 0.1) is 34.0 Å². The lowest BCUT2D eigenvalue weighted by molar-refractivity contribution is -0.322. The second kappa shape index (κ2) is 11.6. The number of carbonyl (C=O) groups excluding carboxylic acids is 3. The van der Waals surface area contributed by atoms with Gasteiger partial charge in [0.15, 0.2) is 23.1 Å². The minimum atomic E-state index is -2.74. The first-order valence-electron chi connectivity index (χ1n) is 16.3. The maximum Gasteiger partial charge on any atom is 0.307 e. The summed E-state index contributed by atoms with van der Waals surface area (Å²) in [6.45, 7) is 6.64. The average molecular weight is 659 g/mol. The number of hydrogen-bond acceptors (Lipinski definition) is 10. The van der Waals surface area contributed by atoms with Crippen molar-refractivity contribution >= 4 is 29.3 Å². The number of aliphatic hydroxyl groups excluding tert-OH is 1. The van der Waals surface area contributed by atoms with Gasteiger partial charge in [0.1, 0.15) is 18.4 Å². The predicted octanol–water partition coefficient (Wildman–Crippen LogP) is 3.32. The number of thioether (sulfide) groups is 1. The molecule has 0 radical (unpaired) electrons. The molecule has 0 aromatic rings. The van der Waals surface area contributed by atoms with Gasteiger partial charge < -0.3 is 30.3 Å². The smallest absolute Gasteiger partial charge is 0.307 e. The number of Topliss-reactive ketones (excluding diaryl/α,β-unsaturated/α-hetero) is 1. The van der Waals surface area contributed by atoms with Gasteiger partial charge in [0.2, 0.25) is 0 Å². The molecule has 4 unspecified atom stereocenters. The number of esters is 1. The molecule has 4 fully saturated rings. The molecule has 5 aliphatic rings. The van der Waals surface area contributed by atoms with Gasteiger partial charge in [-0.05, 0) is 48.7 Å². The maximum atomic E-state index is 17.9. The van der Waals surface area contributed by atoms with Crippen LogP contribution in [-0.2, 0) is 19.1 Å². The van der Waals surface area contributed by atoms with Crippen molar-refractivity contribution in [1.29, 1.82) is 0 Å². The molecule has 9 nitrogen and oxygen atoms in total. The van der Waals surface area contributed by atoms with Crippen molar-refractivity contribution in [2.24, 2.45) is 34.0 Å². The normalized spacial score (nSPS) is 43.3. The summed E-state index contributed by atoms with van der Waals surface area (Å²) in [5, 5.41) is 58.3.